The second-order valence-electron chi connectivity index (χ2n) is 6.16. The number of anilines is 1. The SMILES string of the molecule is O=C(C(O)c1ccc(C(F)(F)F)cc1)N1CCN(c2ccccc2)C(=O)C1. The summed E-state index contributed by atoms with van der Waals surface area (Å²) in [6.07, 6.45) is -6.11. The molecule has 1 aliphatic heterocycles. The molecule has 2 amide bonds. The van der Waals surface area contributed by atoms with Crippen molar-refractivity contribution in [2.75, 3.05) is 24.5 Å². The highest BCUT2D eigenvalue weighted by molar-refractivity contribution is 5.98. The van der Waals surface area contributed by atoms with Gasteiger partial charge in [-0.1, -0.05) is 30.3 Å². The first kappa shape index (κ1) is 18.9. The van der Waals surface area contributed by atoms with E-state index in [4.69, 9.17) is 0 Å². The fraction of sp³-hybridized carbons (Fsp3) is 0.263. The Hall–Kier alpha value is -2.87. The minimum Gasteiger partial charge on any atom is -0.378 e. The molecule has 0 spiro atoms. The van der Waals surface area contributed by atoms with Gasteiger partial charge in [-0.25, -0.2) is 0 Å². The van der Waals surface area contributed by atoms with Gasteiger partial charge in [0.2, 0.25) is 5.91 Å². The van der Waals surface area contributed by atoms with Crippen molar-refractivity contribution in [2.45, 2.75) is 12.3 Å². The molecule has 0 aliphatic carbocycles. The van der Waals surface area contributed by atoms with Crippen molar-refractivity contribution >= 4 is 17.5 Å². The summed E-state index contributed by atoms with van der Waals surface area (Å²) in [7, 11) is 0. The maximum Gasteiger partial charge on any atom is 0.416 e. The minimum atomic E-state index is -4.49. The van der Waals surface area contributed by atoms with Crippen LogP contribution in [0.4, 0.5) is 18.9 Å². The molecular formula is C19H17F3N2O3. The second kappa shape index (κ2) is 7.40. The molecule has 0 bridgehead atoms. The molecule has 1 heterocycles. The van der Waals surface area contributed by atoms with Crippen molar-refractivity contribution in [2.24, 2.45) is 0 Å². The van der Waals surface area contributed by atoms with Gasteiger partial charge in [0, 0.05) is 18.8 Å². The number of para-hydroxylation sites is 1. The fourth-order valence-electron chi connectivity index (χ4n) is 2.91. The lowest BCUT2D eigenvalue weighted by atomic mass is 10.1. The Bertz CT molecular complexity index is 822. The number of aliphatic hydroxyl groups excluding tert-OH is 1. The summed E-state index contributed by atoms with van der Waals surface area (Å²) in [6, 6.07) is 12.7. The third-order valence-electron chi connectivity index (χ3n) is 4.39. The molecule has 2 aromatic rings. The van der Waals surface area contributed by atoms with E-state index >= 15 is 0 Å². The average molecular weight is 378 g/mol. The van der Waals surface area contributed by atoms with E-state index in [1.54, 1.807) is 29.2 Å². The first-order valence-corrected chi connectivity index (χ1v) is 8.27. The van der Waals surface area contributed by atoms with Gasteiger partial charge in [0.25, 0.3) is 5.91 Å². The normalized spacial score (nSPS) is 16.4. The monoisotopic (exact) mass is 378 g/mol. The van der Waals surface area contributed by atoms with Crippen LogP contribution in [0.1, 0.15) is 17.2 Å². The summed E-state index contributed by atoms with van der Waals surface area (Å²) in [5, 5.41) is 10.2. The standard InChI is InChI=1S/C19H17F3N2O3/c20-19(21,22)14-8-6-13(7-9-14)17(26)18(27)23-10-11-24(16(25)12-23)15-4-2-1-3-5-15/h1-9,17,26H,10-12H2. The van der Waals surface area contributed by atoms with Crippen LogP contribution in [0.25, 0.3) is 0 Å². The van der Waals surface area contributed by atoms with Crippen LogP contribution < -0.4 is 4.90 Å². The van der Waals surface area contributed by atoms with Gasteiger partial charge in [-0.3, -0.25) is 9.59 Å². The van der Waals surface area contributed by atoms with E-state index in [-0.39, 0.29) is 31.1 Å². The van der Waals surface area contributed by atoms with Crippen LogP contribution in [-0.4, -0.2) is 41.5 Å². The van der Waals surface area contributed by atoms with Gasteiger partial charge in [-0.05, 0) is 29.8 Å². The average Bonchev–Trinajstić information content (AvgIpc) is 2.67. The van der Waals surface area contributed by atoms with Crippen molar-refractivity contribution in [3.8, 4) is 0 Å². The van der Waals surface area contributed by atoms with Gasteiger partial charge in [-0.15, -0.1) is 0 Å². The van der Waals surface area contributed by atoms with E-state index in [9.17, 15) is 27.9 Å². The number of piperazine rings is 1. The first-order valence-electron chi connectivity index (χ1n) is 8.27. The van der Waals surface area contributed by atoms with E-state index in [0.29, 0.717) is 0 Å². The Balaban J connectivity index is 1.67. The Morgan fingerprint density at radius 1 is 1.00 bits per heavy atom. The minimum absolute atomic E-state index is 0.0472. The van der Waals surface area contributed by atoms with Crippen molar-refractivity contribution in [3.05, 3.63) is 65.7 Å². The molecular weight excluding hydrogens is 361 g/mol. The number of benzene rings is 2. The van der Waals surface area contributed by atoms with Crippen LogP contribution in [0.2, 0.25) is 0 Å². The van der Waals surface area contributed by atoms with Crippen LogP contribution in [0.3, 0.4) is 0 Å². The third-order valence-corrected chi connectivity index (χ3v) is 4.39. The molecule has 0 saturated carbocycles. The lowest BCUT2D eigenvalue weighted by Gasteiger charge is -2.35. The van der Waals surface area contributed by atoms with Crippen LogP contribution in [0.15, 0.2) is 54.6 Å². The molecule has 1 unspecified atom stereocenters. The molecule has 1 fully saturated rings. The summed E-state index contributed by atoms with van der Waals surface area (Å²) in [5.74, 6) is -1.00. The number of carbonyl (C=O) groups is 2. The number of rotatable bonds is 3. The molecule has 1 N–H and O–H groups in total. The lowest BCUT2D eigenvalue weighted by Crippen LogP contribution is -2.53. The van der Waals surface area contributed by atoms with E-state index in [2.05, 4.69) is 0 Å². The molecule has 1 atom stereocenters. The third kappa shape index (κ3) is 4.11. The number of aliphatic hydroxyl groups is 1. The van der Waals surface area contributed by atoms with Gasteiger partial charge in [0.1, 0.15) is 6.54 Å². The largest absolute Gasteiger partial charge is 0.416 e. The van der Waals surface area contributed by atoms with E-state index in [0.717, 1.165) is 30.0 Å². The number of amides is 2. The summed E-state index contributed by atoms with van der Waals surface area (Å²) in [4.78, 5) is 27.6. The van der Waals surface area contributed by atoms with E-state index < -0.39 is 23.8 Å². The van der Waals surface area contributed by atoms with Crippen molar-refractivity contribution in [1.29, 1.82) is 0 Å². The van der Waals surface area contributed by atoms with Gasteiger partial charge in [-0.2, -0.15) is 13.2 Å². The zero-order valence-corrected chi connectivity index (χ0v) is 14.2. The maximum atomic E-state index is 12.6. The number of hydrogen-bond donors (Lipinski definition) is 1. The molecule has 3 rings (SSSR count). The Morgan fingerprint density at radius 3 is 2.19 bits per heavy atom. The molecule has 0 radical (unpaired) electrons. The highest BCUT2D eigenvalue weighted by atomic mass is 19.4. The van der Waals surface area contributed by atoms with Crippen molar-refractivity contribution in [3.63, 3.8) is 0 Å². The Kier molecular flexibility index (Phi) is 5.18. The number of carbonyl (C=O) groups excluding carboxylic acids is 2. The summed E-state index contributed by atoms with van der Waals surface area (Å²) < 4.78 is 37.8. The molecule has 1 saturated heterocycles. The van der Waals surface area contributed by atoms with Crippen LogP contribution >= 0.6 is 0 Å². The quantitative estimate of drug-likeness (QED) is 0.893. The van der Waals surface area contributed by atoms with Gasteiger partial charge in [0.05, 0.1) is 5.56 Å². The highest BCUT2D eigenvalue weighted by Gasteiger charge is 2.33. The van der Waals surface area contributed by atoms with Crippen LogP contribution in [0.5, 0.6) is 0 Å². The predicted molar refractivity (Wildman–Crippen MR) is 91.8 cm³/mol. The van der Waals surface area contributed by atoms with Gasteiger partial charge >= 0.3 is 6.18 Å². The second-order valence-corrected chi connectivity index (χ2v) is 6.16. The first-order chi connectivity index (χ1) is 12.8. The van der Waals surface area contributed by atoms with Gasteiger partial charge < -0.3 is 14.9 Å². The topological polar surface area (TPSA) is 60.9 Å². The van der Waals surface area contributed by atoms with Crippen molar-refractivity contribution < 1.29 is 27.9 Å². The molecule has 8 heteroatoms. The Morgan fingerprint density at radius 2 is 1.63 bits per heavy atom. The summed E-state index contributed by atoms with van der Waals surface area (Å²) in [6.45, 7) is 0.289. The smallest absolute Gasteiger partial charge is 0.378 e. The fourth-order valence-corrected chi connectivity index (χ4v) is 2.91. The van der Waals surface area contributed by atoms with Crippen LogP contribution in [-0.2, 0) is 15.8 Å². The van der Waals surface area contributed by atoms with E-state index in [1.807, 2.05) is 6.07 Å². The predicted octanol–water partition coefficient (Wildman–Crippen LogP) is 2.61. The number of hydrogen-bond acceptors (Lipinski definition) is 3. The zero-order valence-electron chi connectivity index (χ0n) is 14.2. The summed E-state index contributed by atoms with van der Waals surface area (Å²) in [5.41, 5.74) is -0.0959. The number of nitrogens with zero attached hydrogens (tertiary/aromatic N) is 2. The highest BCUT2D eigenvalue weighted by Crippen LogP contribution is 2.30. The Labute approximate surface area is 153 Å². The number of alkyl halides is 3. The molecule has 0 aromatic heterocycles. The zero-order chi connectivity index (χ0) is 19.6. The molecule has 142 valence electrons. The number of halogens is 3. The molecule has 27 heavy (non-hydrogen) atoms. The van der Waals surface area contributed by atoms with Crippen molar-refractivity contribution in [1.82, 2.24) is 4.90 Å². The van der Waals surface area contributed by atoms with Gasteiger partial charge in [0.15, 0.2) is 6.10 Å². The van der Waals surface area contributed by atoms with Crippen LogP contribution in [0, 0.1) is 0 Å². The molecule has 2 aromatic carbocycles. The molecule has 1 aliphatic rings. The van der Waals surface area contributed by atoms with E-state index in [1.165, 1.54) is 4.90 Å². The summed E-state index contributed by atoms with van der Waals surface area (Å²) >= 11 is 0. The maximum absolute atomic E-state index is 12.6. The lowest BCUT2D eigenvalue weighted by molar-refractivity contribution is -0.144. The molecule has 5 nitrogen and oxygen atoms in total.